The highest BCUT2D eigenvalue weighted by atomic mass is 79.9. The van der Waals surface area contributed by atoms with E-state index < -0.39 is 0 Å². The molecule has 2 aromatic heterocycles. The number of rotatable bonds is 4. The fraction of sp³-hybridized carbons (Fsp3) is 0. The molecule has 0 spiro atoms. The summed E-state index contributed by atoms with van der Waals surface area (Å²) < 4.78 is 0.915. The number of benzene rings is 5. The van der Waals surface area contributed by atoms with Crippen LogP contribution >= 0.6 is 15.9 Å². The van der Waals surface area contributed by atoms with Crippen LogP contribution in [0.15, 0.2) is 126 Å². The Kier molecular flexibility index (Phi) is 6.27. The lowest BCUT2D eigenvalue weighted by Crippen LogP contribution is -2.00. The fourth-order valence-corrected chi connectivity index (χ4v) is 5.51. The largest absolute Gasteiger partial charge is 0.256 e. The Bertz CT molecular complexity index is 2130. The lowest BCUT2D eigenvalue weighted by Gasteiger charge is -2.12. The summed E-state index contributed by atoms with van der Waals surface area (Å²) in [5, 5.41) is 12.6. The van der Waals surface area contributed by atoms with Crippen molar-refractivity contribution in [3.63, 3.8) is 0 Å². The molecule has 7 aromatic rings. The number of hydrogen-bond donors (Lipinski definition) is 0. The van der Waals surface area contributed by atoms with Crippen molar-refractivity contribution in [2.45, 2.75) is 0 Å². The normalized spacial score (nSPS) is 11.0. The lowest BCUT2D eigenvalue weighted by atomic mass is 9.98. The zero-order chi connectivity index (χ0) is 27.8. The van der Waals surface area contributed by atoms with Crippen molar-refractivity contribution in [1.82, 2.24) is 19.9 Å². The SMILES string of the molecule is N#Cc1ccc(-c2nc(-c3cc(Br)cc(-c4cccc5ncccc45)c3)nc(-c3ccc4ccccc4c3)n2)cc1. The minimum Gasteiger partial charge on any atom is -0.256 e. The summed E-state index contributed by atoms with van der Waals surface area (Å²) >= 11 is 3.72. The number of nitrogens with zero attached hydrogens (tertiary/aromatic N) is 5. The van der Waals surface area contributed by atoms with E-state index >= 15 is 0 Å². The second-order valence-corrected chi connectivity index (χ2v) is 10.6. The van der Waals surface area contributed by atoms with E-state index in [1.807, 2.05) is 60.8 Å². The van der Waals surface area contributed by atoms with Gasteiger partial charge in [0.15, 0.2) is 17.5 Å². The van der Waals surface area contributed by atoms with E-state index in [-0.39, 0.29) is 0 Å². The van der Waals surface area contributed by atoms with Gasteiger partial charge in [0, 0.05) is 32.7 Å². The Hall–Kier alpha value is -5.25. The molecular weight excluding hydrogens is 570 g/mol. The van der Waals surface area contributed by atoms with Gasteiger partial charge in [-0.1, -0.05) is 70.5 Å². The van der Waals surface area contributed by atoms with Gasteiger partial charge >= 0.3 is 0 Å². The van der Waals surface area contributed by atoms with Crippen molar-refractivity contribution in [3.8, 4) is 51.4 Å². The second kappa shape index (κ2) is 10.4. The molecule has 0 unspecified atom stereocenters. The number of aromatic nitrogens is 4. The zero-order valence-electron chi connectivity index (χ0n) is 21.7. The summed E-state index contributed by atoms with van der Waals surface area (Å²) in [5.74, 6) is 1.68. The van der Waals surface area contributed by atoms with Crippen LogP contribution in [0.5, 0.6) is 0 Å². The van der Waals surface area contributed by atoms with Crippen LogP contribution in [0.25, 0.3) is 67.0 Å². The van der Waals surface area contributed by atoms with E-state index in [0.29, 0.717) is 23.0 Å². The van der Waals surface area contributed by atoms with E-state index in [4.69, 9.17) is 15.0 Å². The van der Waals surface area contributed by atoms with Gasteiger partial charge in [-0.3, -0.25) is 4.98 Å². The van der Waals surface area contributed by atoms with Gasteiger partial charge < -0.3 is 0 Å². The highest BCUT2D eigenvalue weighted by Gasteiger charge is 2.15. The average molecular weight is 590 g/mol. The van der Waals surface area contributed by atoms with Crippen LogP contribution in [-0.2, 0) is 0 Å². The molecule has 0 radical (unpaired) electrons. The van der Waals surface area contributed by atoms with Gasteiger partial charge in [0.1, 0.15) is 0 Å². The minimum atomic E-state index is 0.540. The van der Waals surface area contributed by atoms with Crippen LogP contribution in [0.2, 0.25) is 0 Å². The van der Waals surface area contributed by atoms with E-state index in [1.165, 1.54) is 0 Å². The molecule has 0 N–H and O–H groups in total. The third-order valence-electron chi connectivity index (χ3n) is 7.03. The van der Waals surface area contributed by atoms with Crippen molar-refractivity contribution in [3.05, 3.63) is 131 Å². The Labute approximate surface area is 245 Å². The van der Waals surface area contributed by atoms with Crippen molar-refractivity contribution < 1.29 is 0 Å². The summed E-state index contributed by atoms with van der Waals surface area (Å²) in [4.78, 5) is 19.3. The van der Waals surface area contributed by atoms with Crippen molar-refractivity contribution in [2.75, 3.05) is 0 Å². The van der Waals surface area contributed by atoms with Gasteiger partial charge in [0.05, 0.1) is 17.1 Å². The highest BCUT2D eigenvalue weighted by molar-refractivity contribution is 9.10. The Morgan fingerprint density at radius 3 is 2.07 bits per heavy atom. The first-order valence-electron chi connectivity index (χ1n) is 13.1. The molecule has 0 amide bonds. The fourth-order valence-electron chi connectivity index (χ4n) is 5.01. The smallest absolute Gasteiger partial charge is 0.164 e. The molecular formula is C35H20BrN5. The molecule has 192 valence electrons. The first-order valence-corrected chi connectivity index (χ1v) is 13.8. The van der Waals surface area contributed by atoms with E-state index in [2.05, 4.69) is 75.5 Å². The summed E-state index contributed by atoms with van der Waals surface area (Å²) in [6, 6.07) is 40.3. The van der Waals surface area contributed by atoms with Crippen LogP contribution in [0.3, 0.4) is 0 Å². The summed E-state index contributed by atoms with van der Waals surface area (Å²) in [6.45, 7) is 0. The van der Waals surface area contributed by atoms with Crippen molar-refractivity contribution in [1.29, 1.82) is 5.26 Å². The van der Waals surface area contributed by atoms with Crippen LogP contribution in [0.1, 0.15) is 5.56 Å². The van der Waals surface area contributed by atoms with Crippen LogP contribution in [0.4, 0.5) is 0 Å². The van der Waals surface area contributed by atoms with Gasteiger partial charge in [0.2, 0.25) is 0 Å². The Morgan fingerprint density at radius 2 is 1.27 bits per heavy atom. The second-order valence-electron chi connectivity index (χ2n) is 9.66. The predicted molar refractivity (Wildman–Crippen MR) is 167 cm³/mol. The number of nitriles is 1. The molecule has 0 atom stereocenters. The van der Waals surface area contributed by atoms with E-state index in [0.717, 1.165) is 54.0 Å². The van der Waals surface area contributed by atoms with Gasteiger partial charge in [-0.25, -0.2) is 15.0 Å². The molecule has 5 nitrogen and oxygen atoms in total. The first kappa shape index (κ1) is 24.8. The molecule has 7 rings (SSSR count). The molecule has 2 heterocycles. The Balaban J connectivity index is 1.42. The van der Waals surface area contributed by atoms with Gasteiger partial charge in [-0.05, 0) is 82.6 Å². The molecule has 5 aromatic carbocycles. The van der Waals surface area contributed by atoms with Crippen molar-refractivity contribution in [2.24, 2.45) is 0 Å². The maximum atomic E-state index is 9.28. The molecule has 0 aliphatic heterocycles. The highest BCUT2D eigenvalue weighted by Crippen LogP contribution is 2.34. The zero-order valence-corrected chi connectivity index (χ0v) is 23.2. The lowest BCUT2D eigenvalue weighted by molar-refractivity contribution is 1.07. The molecule has 0 aliphatic rings. The summed E-state index contributed by atoms with van der Waals surface area (Å²) in [6.07, 6.45) is 1.81. The number of fused-ring (bicyclic) bond motifs is 2. The van der Waals surface area contributed by atoms with Gasteiger partial charge in [-0.2, -0.15) is 5.26 Å². The van der Waals surface area contributed by atoms with Gasteiger partial charge in [0.25, 0.3) is 0 Å². The third-order valence-corrected chi connectivity index (χ3v) is 7.49. The number of pyridine rings is 1. The predicted octanol–water partition coefficient (Wildman–Crippen LogP) is 8.88. The summed E-state index contributed by atoms with van der Waals surface area (Å²) in [7, 11) is 0. The topological polar surface area (TPSA) is 75.3 Å². The number of halogens is 1. The van der Waals surface area contributed by atoms with E-state index in [9.17, 15) is 5.26 Å². The molecule has 0 bridgehead atoms. The summed E-state index contributed by atoms with van der Waals surface area (Å²) in [5.41, 5.74) is 6.19. The molecule has 41 heavy (non-hydrogen) atoms. The maximum Gasteiger partial charge on any atom is 0.164 e. The van der Waals surface area contributed by atoms with E-state index in [1.54, 1.807) is 12.1 Å². The molecule has 0 fully saturated rings. The van der Waals surface area contributed by atoms with Crippen molar-refractivity contribution >= 4 is 37.6 Å². The number of hydrogen-bond acceptors (Lipinski definition) is 5. The monoisotopic (exact) mass is 589 g/mol. The van der Waals surface area contributed by atoms with Gasteiger partial charge in [-0.15, -0.1) is 0 Å². The quantitative estimate of drug-likeness (QED) is 0.205. The minimum absolute atomic E-state index is 0.540. The van der Waals surface area contributed by atoms with Crippen LogP contribution < -0.4 is 0 Å². The first-order chi connectivity index (χ1) is 20.1. The third kappa shape index (κ3) is 4.84. The Morgan fingerprint density at radius 1 is 0.561 bits per heavy atom. The average Bonchev–Trinajstić information content (AvgIpc) is 3.03. The van der Waals surface area contributed by atoms with Crippen LogP contribution in [-0.4, -0.2) is 19.9 Å². The maximum absolute atomic E-state index is 9.28. The molecule has 0 saturated heterocycles. The van der Waals surface area contributed by atoms with Crippen LogP contribution in [0, 0.1) is 11.3 Å². The molecule has 0 saturated carbocycles. The molecule has 6 heteroatoms. The standard InChI is InChI=1S/C35H20BrN5/c36-29-19-27(30-7-3-9-32-31(30)8-4-16-38-32)18-28(20-29)35-40-33(24-12-10-22(21-37)11-13-24)39-34(41-35)26-15-14-23-5-1-2-6-25(23)17-26/h1-20H. The molecule has 0 aliphatic carbocycles.